The van der Waals surface area contributed by atoms with Crippen LogP contribution in [0.3, 0.4) is 0 Å². The Morgan fingerprint density at radius 1 is 1.35 bits per heavy atom. The Bertz CT molecular complexity index is 388. The van der Waals surface area contributed by atoms with Crippen LogP contribution in [0.1, 0.15) is 6.42 Å². The summed E-state index contributed by atoms with van der Waals surface area (Å²) in [7, 11) is 2.13. The first-order valence-corrected chi connectivity index (χ1v) is 6.00. The smallest absolute Gasteiger partial charge is 0.0569 e. The Morgan fingerprint density at radius 2 is 2.29 bits per heavy atom. The van der Waals surface area contributed by atoms with E-state index < -0.39 is 0 Å². The van der Waals surface area contributed by atoms with Gasteiger partial charge in [-0.25, -0.2) is 0 Å². The van der Waals surface area contributed by atoms with Gasteiger partial charge in [-0.05, 0) is 25.4 Å². The van der Waals surface area contributed by atoms with E-state index in [1.807, 2.05) is 30.6 Å². The van der Waals surface area contributed by atoms with Crippen LogP contribution in [0, 0.1) is 0 Å². The zero-order valence-electron chi connectivity index (χ0n) is 10.2. The summed E-state index contributed by atoms with van der Waals surface area (Å²) in [6.45, 7) is 1.91. The highest BCUT2D eigenvalue weighted by Gasteiger charge is 2.10. The van der Waals surface area contributed by atoms with Crippen molar-refractivity contribution in [1.29, 1.82) is 0 Å². The number of dihydropyridines is 1. The van der Waals surface area contributed by atoms with E-state index >= 15 is 0 Å². The van der Waals surface area contributed by atoms with Gasteiger partial charge in [0, 0.05) is 31.4 Å². The van der Waals surface area contributed by atoms with Gasteiger partial charge in [0.05, 0.1) is 6.04 Å². The van der Waals surface area contributed by atoms with Crippen LogP contribution in [0.2, 0.25) is 0 Å². The summed E-state index contributed by atoms with van der Waals surface area (Å²) in [5.41, 5.74) is 1.22. The predicted molar refractivity (Wildman–Crippen MR) is 73.0 cm³/mol. The van der Waals surface area contributed by atoms with Crippen LogP contribution in [0.4, 0.5) is 0 Å². The Morgan fingerprint density at radius 3 is 3.12 bits per heavy atom. The van der Waals surface area contributed by atoms with Gasteiger partial charge in [0.1, 0.15) is 0 Å². The van der Waals surface area contributed by atoms with Crippen molar-refractivity contribution in [2.45, 2.75) is 12.5 Å². The van der Waals surface area contributed by atoms with Gasteiger partial charge >= 0.3 is 0 Å². The Kier molecular flexibility index (Phi) is 4.33. The maximum Gasteiger partial charge on any atom is 0.0569 e. The molecule has 1 unspecified atom stereocenters. The normalized spacial score (nSPS) is 22.5. The van der Waals surface area contributed by atoms with E-state index in [0.717, 1.165) is 19.5 Å². The number of aliphatic imine (C=N–C) groups is 1. The van der Waals surface area contributed by atoms with Gasteiger partial charge < -0.3 is 5.32 Å². The fraction of sp³-hybridized carbons (Fsp3) is 0.357. The summed E-state index contributed by atoms with van der Waals surface area (Å²) in [6.07, 6.45) is 17.3. The minimum absolute atomic E-state index is 0.405. The number of nitrogens with one attached hydrogen (secondary N) is 1. The molecule has 1 N–H and O–H groups in total. The van der Waals surface area contributed by atoms with Crippen molar-refractivity contribution in [3.8, 4) is 0 Å². The van der Waals surface area contributed by atoms with Crippen molar-refractivity contribution in [2.75, 3.05) is 20.1 Å². The fourth-order valence-electron chi connectivity index (χ4n) is 1.95. The molecule has 3 nitrogen and oxygen atoms in total. The molecule has 0 aromatic heterocycles. The summed E-state index contributed by atoms with van der Waals surface area (Å²) in [5.74, 6) is 0. The number of likely N-dealkylation sites (N-methyl/N-ethyl adjacent to an activating group) is 1. The molecule has 0 spiro atoms. The maximum absolute atomic E-state index is 4.44. The maximum atomic E-state index is 4.44. The second-order valence-corrected chi connectivity index (χ2v) is 4.38. The van der Waals surface area contributed by atoms with E-state index in [2.05, 4.69) is 40.5 Å². The highest BCUT2D eigenvalue weighted by molar-refractivity contribution is 5.88. The minimum Gasteiger partial charge on any atom is -0.383 e. The lowest BCUT2D eigenvalue weighted by atomic mass is 10.2. The van der Waals surface area contributed by atoms with Gasteiger partial charge in [-0.1, -0.05) is 24.3 Å². The van der Waals surface area contributed by atoms with Crippen LogP contribution in [-0.4, -0.2) is 36.8 Å². The molecule has 90 valence electrons. The predicted octanol–water partition coefficient (Wildman–Crippen LogP) is 1.87. The highest BCUT2D eigenvalue weighted by atomic mass is 15.1. The summed E-state index contributed by atoms with van der Waals surface area (Å²) >= 11 is 0. The molecule has 0 bridgehead atoms. The van der Waals surface area contributed by atoms with E-state index in [-0.39, 0.29) is 0 Å². The molecular weight excluding hydrogens is 210 g/mol. The third kappa shape index (κ3) is 4.04. The van der Waals surface area contributed by atoms with Crippen LogP contribution in [0.15, 0.2) is 53.8 Å². The Hall–Kier alpha value is -1.61. The first-order valence-electron chi connectivity index (χ1n) is 6.00. The third-order valence-electron chi connectivity index (χ3n) is 2.77. The Labute approximate surface area is 103 Å². The largest absolute Gasteiger partial charge is 0.383 e. The van der Waals surface area contributed by atoms with Gasteiger partial charge in [0.2, 0.25) is 0 Å². The van der Waals surface area contributed by atoms with Gasteiger partial charge in [-0.3, -0.25) is 9.89 Å². The SMILES string of the molecule is CN(CC1=NC=CC=CC1)CC1C=CC=CN1. The molecule has 2 heterocycles. The molecule has 2 aliphatic heterocycles. The zero-order valence-corrected chi connectivity index (χ0v) is 10.2. The Balaban J connectivity index is 1.80. The number of nitrogens with zero attached hydrogens (tertiary/aromatic N) is 2. The van der Waals surface area contributed by atoms with Gasteiger partial charge in [-0.2, -0.15) is 0 Å². The molecule has 2 rings (SSSR count). The van der Waals surface area contributed by atoms with E-state index in [4.69, 9.17) is 0 Å². The number of hydrogen-bond donors (Lipinski definition) is 1. The molecule has 2 aliphatic rings. The van der Waals surface area contributed by atoms with Crippen LogP contribution in [0.5, 0.6) is 0 Å². The van der Waals surface area contributed by atoms with Gasteiger partial charge in [0.15, 0.2) is 0 Å². The van der Waals surface area contributed by atoms with Crippen LogP contribution >= 0.6 is 0 Å². The number of allylic oxidation sites excluding steroid dienone is 5. The third-order valence-corrected chi connectivity index (χ3v) is 2.77. The molecule has 0 amide bonds. The molecule has 0 aliphatic carbocycles. The highest BCUT2D eigenvalue weighted by Crippen LogP contribution is 2.01. The van der Waals surface area contributed by atoms with Crippen LogP contribution in [-0.2, 0) is 0 Å². The standard InChI is InChI=1S/C14H19N3/c1-17(12-14-8-4-6-10-16-14)11-13-7-3-2-5-9-15-13/h2-6,8-10,14,16H,7,11-12H2,1H3. The molecule has 0 aromatic carbocycles. The lowest BCUT2D eigenvalue weighted by Crippen LogP contribution is -2.38. The first kappa shape index (κ1) is 11.9. The first-order chi connectivity index (χ1) is 8.34. The van der Waals surface area contributed by atoms with Crippen molar-refractivity contribution in [3.05, 3.63) is 48.9 Å². The van der Waals surface area contributed by atoms with E-state index in [1.165, 1.54) is 5.71 Å². The average molecular weight is 229 g/mol. The zero-order chi connectivity index (χ0) is 11.9. The monoisotopic (exact) mass is 229 g/mol. The van der Waals surface area contributed by atoms with Crippen molar-refractivity contribution >= 4 is 5.71 Å². The van der Waals surface area contributed by atoms with Gasteiger partial charge in [-0.15, -0.1) is 0 Å². The van der Waals surface area contributed by atoms with Crippen molar-refractivity contribution < 1.29 is 0 Å². The molecule has 0 saturated heterocycles. The topological polar surface area (TPSA) is 27.6 Å². The molecule has 0 fully saturated rings. The summed E-state index contributed by atoms with van der Waals surface area (Å²) in [6, 6.07) is 0.405. The lowest BCUT2D eigenvalue weighted by Gasteiger charge is -2.23. The lowest BCUT2D eigenvalue weighted by molar-refractivity contribution is 0.355. The molecule has 1 atom stereocenters. The molecule has 0 saturated carbocycles. The molecule has 17 heavy (non-hydrogen) atoms. The van der Waals surface area contributed by atoms with Crippen molar-refractivity contribution in [1.82, 2.24) is 10.2 Å². The van der Waals surface area contributed by atoms with Gasteiger partial charge in [0.25, 0.3) is 0 Å². The van der Waals surface area contributed by atoms with Crippen LogP contribution < -0.4 is 5.32 Å². The molecule has 3 heteroatoms. The summed E-state index contributed by atoms with van der Waals surface area (Å²) in [4.78, 5) is 6.73. The summed E-state index contributed by atoms with van der Waals surface area (Å²) in [5, 5.41) is 3.32. The second kappa shape index (κ2) is 6.21. The minimum atomic E-state index is 0.405. The van der Waals surface area contributed by atoms with E-state index in [9.17, 15) is 0 Å². The average Bonchev–Trinajstić information content (AvgIpc) is 2.59. The molecular formula is C14H19N3. The summed E-state index contributed by atoms with van der Waals surface area (Å²) < 4.78 is 0. The second-order valence-electron chi connectivity index (χ2n) is 4.38. The molecule has 0 radical (unpaired) electrons. The number of hydrogen-bond acceptors (Lipinski definition) is 3. The van der Waals surface area contributed by atoms with Crippen molar-refractivity contribution in [2.24, 2.45) is 4.99 Å². The number of rotatable bonds is 4. The fourth-order valence-corrected chi connectivity index (χ4v) is 1.95. The van der Waals surface area contributed by atoms with Crippen molar-refractivity contribution in [3.63, 3.8) is 0 Å². The van der Waals surface area contributed by atoms with E-state index in [0.29, 0.717) is 6.04 Å². The quantitative estimate of drug-likeness (QED) is 0.797. The van der Waals surface area contributed by atoms with Crippen LogP contribution in [0.25, 0.3) is 0 Å². The molecule has 0 aromatic rings. The van der Waals surface area contributed by atoms with E-state index in [1.54, 1.807) is 0 Å².